The number of halogens is 1. The van der Waals surface area contributed by atoms with Crippen molar-refractivity contribution in [1.82, 2.24) is 4.90 Å². The molecule has 1 aromatic rings. The van der Waals surface area contributed by atoms with E-state index in [1.807, 2.05) is 20.8 Å². The van der Waals surface area contributed by atoms with E-state index in [-0.39, 0.29) is 12.1 Å². The summed E-state index contributed by atoms with van der Waals surface area (Å²) in [4.78, 5) is 25.4. The van der Waals surface area contributed by atoms with Gasteiger partial charge in [0.25, 0.3) is 0 Å². The fraction of sp³-hybridized carbons (Fsp3) is 0.579. The second-order valence-electron chi connectivity index (χ2n) is 7.36. The van der Waals surface area contributed by atoms with Crippen molar-refractivity contribution in [3.05, 3.63) is 28.2 Å². The van der Waals surface area contributed by atoms with Crippen molar-refractivity contribution in [2.45, 2.75) is 39.2 Å². The van der Waals surface area contributed by atoms with Crippen LogP contribution >= 0.6 is 15.9 Å². The standard InChI is InChI=1S/C19H26BrNO5/c1-19(2,3)26-18(23)21-9-7-13(8-10-21)12-25-16-6-5-14(11-15(16)20)17(22)24-4/h5-6,11,13H,7-10,12H2,1-4H3. The van der Waals surface area contributed by atoms with Gasteiger partial charge in [-0.2, -0.15) is 0 Å². The highest BCUT2D eigenvalue weighted by Crippen LogP contribution is 2.28. The van der Waals surface area contributed by atoms with Gasteiger partial charge in [-0.1, -0.05) is 0 Å². The Bertz CT molecular complexity index is 648. The average Bonchev–Trinajstić information content (AvgIpc) is 2.59. The van der Waals surface area contributed by atoms with E-state index in [9.17, 15) is 9.59 Å². The quantitative estimate of drug-likeness (QED) is 0.671. The number of hydrogen-bond acceptors (Lipinski definition) is 5. The van der Waals surface area contributed by atoms with Crippen molar-refractivity contribution < 1.29 is 23.8 Å². The maximum absolute atomic E-state index is 12.1. The van der Waals surface area contributed by atoms with Gasteiger partial charge in [0, 0.05) is 13.1 Å². The third kappa shape index (κ3) is 5.90. The van der Waals surface area contributed by atoms with Crippen molar-refractivity contribution in [3.8, 4) is 5.75 Å². The highest BCUT2D eigenvalue weighted by Gasteiger charge is 2.27. The fourth-order valence-electron chi connectivity index (χ4n) is 2.68. The Morgan fingerprint density at radius 2 is 1.88 bits per heavy atom. The number of likely N-dealkylation sites (tertiary alicyclic amines) is 1. The Morgan fingerprint density at radius 1 is 1.23 bits per heavy atom. The third-order valence-electron chi connectivity index (χ3n) is 4.09. The topological polar surface area (TPSA) is 65.1 Å². The molecule has 6 nitrogen and oxygen atoms in total. The number of carbonyl (C=O) groups is 2. The van der Waals surface area contributed by atoms with Crippen LogP contribution in [0.5, 0.6) is 5.75 Å². The summed E-state index contributed by atoms with van der Waals surface area (Å²) in [5.41, 5.74) is -0.00273. The largest absolute Gasteiger partial charge is 0.492 e. The summed E-state index contributed by atoms with van der Waals surface area (Å²) in [6.07, 6.45) is 1.49. The zero-order chi connectivity index (χ0) is 19.3. The van der Waals surface area contributed by atoms with E-state index in [0.717, 1.165) is 12.8 Å². The average molecular weight is 428 g/mol. The molecule has 1 aromatic carbocycles. The molecule has 1 aliphatic rings. The number of carbonyl (C=O) groups excluding carboxylic acids is 2. The lowest BCUT2D eigenvalue weighted by molar-refractivity contribution is 0.0164. The first-order chi connectivity index (χ1) is 12.2. The molecule has 0 aliphatic carbocycles. The molecule has 0 saturated carbocycles. The van der Waals surface area contributed by atoms with E-state index in [4.69, 9.17) is 14.2 Å². The minimum absolute atomic E-state index is 0.252. The molecule has 0 radical (unpaired) electrons. The monoisotopic (exact) mass is 427 g/mol. The lowest BCUT2D eigenvalue weighted by Crippen LogP contribution is -2.42. The van der Waals surface area contributed by atoms with Crippen LogP contribution in [0, 0.1) is 5.92 Å². The second kappa shape index (κ2) is 8.75. The molecule has 0 unspecified atom stereocenters. The van der Waals surface area contributed by atoms with Crippen LogP contribution in [-0.4, -0.2) is 49.4 Å². The molecule has 0 spiro atoms. The van der Waals surface area contributed by atoms with Crippen LogP contribution < -0.4 is 4.74 Å². The summed E-state index contributed by atoms with van der Waals surface area (Å²) >= 11 is 3.42. The van der Waals surface area contributed by atoms with Crippen molar-refractivity contribution in [2.75, 3.05) is 26.8 Å². The maximum atomic E-state index is 12.1. The highest BCUT2D eigenvalue weighted by molar-refractivity contribution is 9.10. The molecule has 1 heterocycles. The summed E-state index contributed by atoms with van der Waals surface area (Å²) in [6, 6.07) is 5.12. The first-order valence-electron chi connectivity index (χ1n) is 8.68. The fourth-order valence-corrected chi connectivity index (χ4v) is 3.17. The van der Waals surface area contributed by atoms with Crippen LogP contribution in [0.4, 0.5) is 4.79 Å². The molecule has 0 bridgehead atoms. The summed E-state index contributed by atoms with van der Waals surface area (Å²) in [6.45, 7) is 7.52. The summed E-state index contributed by atoms with van der Waals surface area (Å²) in [5, 5.41) is 0. The van der Waals surface area contributed by atoms with Crippen LogP contribution in [0.3, 0.4) is 0 Å². The van der Waals surface area contributed by atoms with Gasteiger partial charge in [0.1, 0.15) is 11.4 Å². The number of benzene rings is 1. The molecule has 1 aliphatic heterocycles. The van der Waals surface area contributed by atoms with Gasteiger partial charge in [-0.3, -0.25) is 0 Å². The third-order valence-corrected chi connectivity index (χ3v) is 4.71. The molecule has 0 atom stereocenters. The van der Waals surface area contributed by atoms with E-state index in [1.54, 1.807) is 23.1 Å². The number of nitrogens with zero attached hydrogens (tertiary/aromatic N) is 1. The highest BCUT2D eigenvalue weighted by atomic mass is 79.9. The van der Waals surface area contributed by atoms with E-state index >= 15 is 0 Å². The lowest BCUT2D eigenvalue weighted by atomic mass is 9.98. The predicted molar refractivity (Wildman–Crippen MR) is 102 cm³/mol. The van der Waals surface area contributed by atoms with Crippen molar-refractivity contribution in [3.63, 3.8) is 0 Å². The van der Waals surface area contributed by atoms with Gasteiger partial charge >= 0.3 is 12.1 Å². The Kier molecular flexibility index (Phi) is 6.92. The van der Waals surface area contributed by atoms with Gasteiger partial charge < -0.3 is 19.1 Å². The van der Waals surface area contributed by atoms with Gasteiger partial charge in [0.15, 0.2) is 0 Å². The predicted octanol–water partition coefficient (Wildman–Crippen LogP) is 4.26. The summed E-state index contributed by atoms with van der Waals surface area (Å²) in [7, 11) is 1.35. The summed E-state index contributed by atoms with van der Waals surface area (Å²) < 4.78 is 16.7. The first kappa shape index (κ1) is 20.6. The van der Waals surface area contributed by atoms with Gasteiger partial charge in [0.05, 0.1) is 23.8 Å². The van der Waals surface area contributed by atoms with E-state index in [0.29, 0.717) is 41.4 Å². The summed E-state index contributed by atoms with van der Waals surface area (Å²) in [5.74, 6) is 0.680. The second-order valence-corrected chi connectivity index (χ2v) is 8.21. The minimum Gasteiger partial charge on any atom is -0.492 e. The van der Waals surface area contributed by atoms with Gasteiger partial charge in [-0.15, -0.1) is 0 Å². The van der Waals surface area contributed by atoms with Crippen molar-refractivity contribution in [2.24, 2.45) is 5.92 Å². The van der Waals surface area contributed by atoms with Crippen LogP contribution in [0.2, 0.25) is 0 Å². The molecular weight excluding hydrogens is 402 g/mol. The molecule has 7 heteroatoms. The molecule has 1 saturated heterocycles. The van der Waals surface area contributed by atoms with E-state index < -0.39 is 5.60 Å². The Morgan fingerprint density at radius 3 is 2.42 bits per heavy atom. The van der Waals surface area contributed by atoms with Crippen LogP contribution in [0.15, 0.2) is 22.7 Å². The molecule has 144 valence electrons. The van der Waals surface area contributed by atoms with E-state index in [1.165, 1.54) is 7.11 Å². The number of methoxy groups -OCH3 is 1. The van der Waals surface area contributed by atoms with Gasteiger partial charge in [-0.05, 0) is 73.7 Å². The molecule has 0 aromatic heterocycles. The molecule has 1 amide bonds. The zero-order valence-electron chi connectivity index (χ0n) is 15.7. The van der Waals surface area contributed by atoms with Crippen molar-refractivity contribution >= 4 is 28.0 Å². The molecule has 2 rings (SSSR count). The van der Waals surface area contributed by atoms with Crippen LogP contribution in [0.1, 0.15) is 44.0 Å². The van der Waals surface area contributed by atoms with Crippen LogP contribution in [-0.2, 0) is 9.47 Å². The minimum atomic E-state index is -0.473. The zero-order valence-corrected chi connectivity index (χ0v) is 17.3. The van der Waals surface area contributed by atoms with Gasteiger partial charge in [0.2, 0.25) is 0 Å². The number of amides is 1. The number of esters is 1. The van der Waals surface area contributed by atoms with E-state index in [2.05, 4.69) is 15.9 Å². The molecule has 0 N–H and O–H groups in total. The first-order valence-corrected chi connectivity index (χ1v) is 9.47. The number of rotatable bonds is 4. The molecule has 1 fully saturated rings. The lowest BCUT2D eigenvalue weighted by Gasteiger charge is -2.33. The number of ether oxygens (including phenoxy) is 3. The normalized spacial score (nSPS) is 15.5. The Balaban J connectivity index is 1.81. The van der Waals surface area contributed by atoms with Gasteiger partial charge in [-0.25, -0.2) is 9.59 Å². The Labute approximate surface area is 162 Å². The number of hydrogen-bond donors (Lipinski definition) is 0. The smallest absolute Gasteiger partial charge is 0.410 e. The van der Waals surface area contributed by atoms with Crippen LogP contribution in [0.25, 0.3) is 0 Å². The SMILES string of the molecule is COC(=O)c1ccc(OCC2CCN(C(=O)OC(C)(C)C)CC2)c(Br)c1. The maximum Gasteiger partial charge on any atom is 0.410 e. The Hall–Kier alpha value is -1.76. The molecular formula is C19H26BrNO5. The van der Waals surface area contributed by atoms with Crippen molar-refractivity contribution in [1.29, 1.82) is 0 Å². The molecule has 26 heavy (non-hydrogen) atoms. The number of piperidine rings is 1.